The fourth-order valence-corrected chi connectivity index (χ4v) is 2.44. The zero-order chi connectivity index (χ0) is 13.8. The summed E-state index contributed by atoms with van der Waals surface area (Å²) in [5, 5.41) is 9.16. The van der Waals surface area contributed by atoms with E-state index < -0.39 is 11.9 Å². The molecule has 1 heterocycles. The van der Waals surface area contributed by atoms with Gasteiger partial charge in [-0.25, -0.2) is 4.39 Å². The van der Waals surface area contributed by atoms with Crippen LogP contribution < -0.4 is 10.5 Å². The molecule has 1 aromatic carbocycles. The van der Waals surface area contributed by atoms with Crippen LogP contribution in [-0.2, 0) is 11.2 Å². The second-order valence-electron chi connectivity index (χ2n) is 4.90. The van der Waals surface area contributed by atoms with Crippen LogP contribution in [0.4, 0.5) is 4.39 Å². The van der Waals surface area contributed by atoms with Crippen LogP contribution in [0.25, 0.3) is 0 Å². The SMILES string of the molecule is NCCCC(CC1Cc2cc(F)ccc2O1)C(=O)O. The lowest BCUT2D eigenvalue weighted by Crippen LogP contribution is -2.24. The summed E-state index contributed by atoms with van der Waals surface area (Å²) in [5.74, 6) is -0.901. The van der Waals surface area contributed by atoms with Gasteiger partial charge >= 0.3 is 5.97 Å². The van der Waals surface area contributed by atoms with Crippen LogP contribution in [-0.4, -0.2) is 23.7 Å². The van der Waals surface area contributed by atoms with E-state index in [4.69, 9.17) is 15.6 Å². The molecule has 0 amide bonds. The molecule has 0 radical (unpaired) electrons. The molecule has 1 aliphatic rings. The predicted molar refractivity (Wildman–Crippen MR) is 68.6 cm³/mol. The second kappa shape index (κ2) is 6.02. The van der Waals surface area contributed by atoms with Crippen molar-refractivity contribution in [3.63, 3.8) is 0 Å². The second-order valence-corrected chi connectivity index (χ2v) is 4.90. The third kappa shape index (κ3) is 3.44. The number of carboxylic acids is 1. The van der Waals surface area contributed by atoms with Gasteiger partial charge in [0, 0.05) is 12.0 Å². The number of fused-ring (bicyclic) bond motifs is 1. The Hall–Kier alpha value is -1.62. The first-order valence-electron chi connectivity index (χ1n) is 6.48. The van der Waals surface area contributed by atoms with Gasteiger partial charge in [-0.15, -0.1) is 0 Å². The highest BCUT2D eigenvalue weighted by Gasteiger charge is 2.28. The van der Waals surface area contributed by atoms with Gasteiger partial charge in [-0.1, -0.05) is 0 Å². The summed E-state index contributed by atoms with van der Waals surface area (Å²) in [4.78, 5) is 11.2. The van der Waals surface area contributed by atoms with Gasteiger partial charge in [0.05, 0.1) is 5.92 Å². The van der Waals surface area contributed by atoms with Crippen LogP contribution in [0.2, 0.25) is 0 Å². The minimum atomic E-state index is -0.820. The van der Waals surface area contributed by atoms with E-state index >= 15 is 0 Å². The number of ether oxygens (including phenoxy) is 1. The van der Waals surface area contributed by atoms with Crippen LogP contribution in [0.1, 0.15) is 24.8 Å². The molecule has 0 fully saturated rings. The number of hydrogen-bond donors (Lipinski definition) is 2. The van der Waals surface area contributed by atoms with E-state index in [1.807, 2.05) is 0 Å². The highest BCUT2D eigenvalue weighted by Crippen LogP contribution is 2.32. The summed E-state index contributed by atoms with van der Waals surface area (Å²) in [6.45, 7) is 0.487. The van der Waals surface area contributed by atoms with E-state index in [1.165, 1.54) is 12.1 Å². The number of aliphatic carboxylic acids is 1. The molecule has 104 valence electrons. The summed E-state index contributed by atoms with van der Waals surface area (Å²) in [6, 6.07) is 4.40. The molecule has 2 atom stereocenters. The summed E-state index contributed by atoms with van der Waals surface area (Å²) in [6.07, 6.45) is 2.06. The molecular weight excluding hydrogens is 249 g/mol. The first-order chi connectivity index (χ1) is 9.10. The van der Waals surface area contributed by atoms with E-state index in [1.54, 1.807) is 6.07 Å². The number of rotatable bonds is 6. The molecule has 2 unspecified atom stereocenters. The van der Waals surface area contributed by atoms with Crippen molar-refractivity contribution in [2.45, 2.75) is 31.8 Å². The summed E-state index contributed by atoms with van der Waals surface area (Å²) in [7, 11) is 0. The normalized spacial score (nSPS) is 18.7. The Morgan fingerprint density at radius 2 is 2.37 bits per heavy atom. The van der Waals surface area contributed by atoms with Gasteiger partial charge in [-0.2, -0.15) is 0 Å². The molecule has 4 nitrogen and oxygen atoms in total. The molecule has 3 N–H and O–H groups in total. The summed E-state index contributed by atoms with van der Waals surface area (Å²) in [5.41, 5.74) is 6.22. The van der Waals surface area contributed by atoms with Gasteiger partial charge in [0.2, 0.25) is 0 Å². The van der Waals surface area contributed by atoms with Crippen LogP contribution in [0, 0.1) is 11.7 Å². The molecule has 0 saturated carbocycles. The van der Waals surface area contributed by atoms with E-state index in [0.29, 0.717) is 38.0 Å². The number of nitrogens with two attached hydrogens (primary N) is 1. The number of carboxylic acid groups (broad SMARTS) is 1. The van der Waals surface area contributed by atoms with Gasteiger partial charge in [-0.05, 0) is 44.0 Å². The lowest BCUT2D eigenvalue weighted by atomic mass is 9.94. The Bertz CT molecular complexity index is 464. The zero-order valence-electron chi connectivity index (χ0n) is 10.6. The fourth-order valence-electron chi connectivity index (χ4n) is 2.44. The van der Waals surface area contributed by atoms with Crippen molar-refractivity contribution in [2.75, 3.05) is 6.54 Å². The molecule has 2 rings (SSSR count). The van der Waals surface area contributed by atoms with Gasteiger partial charge in [-0.3, -0.25) is 4.79 Å². The fraction of sp³-hybridized carbons (Fsp3) is 0.500. The van der Waals surface area contributed by atoms with Gasteiger partial charge in [0.1, 0.15) is 17.7 Å². The van der Waals surface area contributed by atoms with Crippen LogP contribution >= 0.6 is 0 Å². The van der Waals surface area contributed by atoms with Crippen LogP contribution in [0.5, 0.6) is 5.75 Å². The molecule has 5 heteroatoms. The maximum atomic E-state index is 13.1. The van der Waals surface area contributed by atoms with E-state index in [-0.39, 0.29) is 11.9 Å². The lowest BCUT2D eigenvalue weighted by Gasteiger charge is -2.16. The van der Waals surface area contributed by atoms with E-state index in [2.05, 4.69) is 0 Å². The minimum absolute atomic E-state index is 0.185. The third-order valence-corrected chi connectivity index (χ3v) is 3.42. The average Bonchev–Trinajstić information content (AvgIpc) is 2.75. The maximum Gasteiger partial charge on any atom is 0.306 e. The Morgan fingerprint density at radius 1 is 1.58 bits per heavy atom. The van der Waals surface area contributed by atoms with E-state index in [0.717, 1.165) is 5.56 Å². The monoisotopic (exact) mass is 267 g/mol. The molecule has 0 bridgehead atoms. The van der Waals surface area contributed by atoms with Crippen molar-refractivity contribution >= 4 is 5.97 Å². The molecule has 0 aliphatic carbocycles. The Kier molecular flexibility index (Phi) is 4.37. The van der Waals surface area contributed by atoms with Crippen molar-refractivity contribution in [1.29, 1.82) is 0 Å². The zero-order valence-corrected chi connectivity index (χ0v) is 10.6. The topological polar surface area (TPSA) is 72.5 Å². The third-order valence-electron chi connectivity index (χ3n) is 3.42. The molecule has 0 saturated heterocycles. The molecular formula is C14H18FNO3. The van der Waals surface area contributed by atoms with Gasteiger partial charge in [0.25, 0.3) is 0 Å². The highest BCUT2D eigenvalue weighted by atomic mass is 19.1. The molecule has 1 aromatic rings. The number of halogens is 1. The Labute approximate surface area is 111 Å². The number of hydrogen-bond acceptors (Lipinski definition) is 3. The highest BCUT2D eigenvalue weighted by molar-refractivity contribution is 5.70. The summed E-state index contributed by atoms with van der Waals surface area (Å²) < 4.78 is 18.7. The van der Waals surface area contributed by atoms with Crippen molar-refractivity contribution in [2.24, 2.45) is 11.7 Å². The predicted octanol–water partition coefficient (Wildman–Crippen LogP) is 1.96. The van der Waals surface area contributed by atoms with Crippen molar-refractivity contribution < 1.29 is 19.0 Å². The quantitative estimate of drug-likeness (QED) is 0.826. The molecule has 19 heavy (non-hydrogen) atoms. The first kappa shape index (κ1) is 13.8. The smallest absolute Gasteiger partial charge is 0.306 e. The molecule has 0 spiro atoms. The number of carbonyl (C=O) groups is 1. The molecule has 0 aromatic heterocycles. The number of benzene rings is 1. The lowest BCUT2D eigenvalue weighted by molar-refractivity contribution is -0.142. The van der Waals surface area contributed by atoms with E-state index in [9.17, 15) is 9.18 Å². The first-order valence-corrected chi connectivity index (χ1v) is 6.48. The minimum Gasteiger partial charge on any atom is -0.490 e. The van der Waals surface area contributed by atoms with Crippen LogP contribution in [0.15, 0.2) is 18.2 Å². The van der Waals surface area contributed by atoms with Crippen LogP contribution in [0.3, 0.4) is 0 Å². The van der Waals surface area contributed by atoms with Crippen molar-refractivity contribution in [1.82, 2.24) is 0 Å². The average molecular weight is 267 g/mol. The largest absolute Gasteiger partial charge is 0.490 e. The van der Waals surface area contributed by atoms with Gasteiger partial charge in [0.15, 0.2) is 0 Å². The molecule has 1 aliphatic heterocycles. The maximum absolute atomic E-state index is 13.1. The summed E-state index contributed by atoms with van der Waals surface area (Å²) >= 11 is 0. The Balaban J connectivity index is 1.96. The van der Waals surface area contributed by atoms with Gasteiger partial charge < -0.3 is 15.6 Å². The van der Waals surface area contributed by atoms with Crippen molar-refractivity contribution in [3.05, 3.63) is 29.6 Å². The van der Waals surface area contributed by atoms with Crippen molar-refractivity contribution in [3.8, 4) is 5.75 Å². The Morgan fingerprint density at radius 3 is 3.05 bits per heavy atom. The standard InChI is InChI=1S/C14H18FNO3/c15-11-3-4-13-10(6-11)8-12(19-13)7-9(14(17)18)2-1-5-16/h3-4,6,9,12H,1-2,5,7-8,16H2,(H,17,18).